The zero-order valence-corrected chi connectivity index (χ0v) is 9.30. The van der Waals surface area contributed by atoms with Gasteiger partial charge in [-0.15, -0.1) is 0 Å². The number of rotatable bonds is 3. The minimum Gasteiger partial charge on any atom is -0.504 e. The van der Waals surface area contributed by atoms with Crippen LogP contribution in [0, 0.1) is 0 Å². The van der Waals surface area contributed by atoms with Gasteiger partial charge in [0.05, 0.1) is 6.61 Å². The second-order valence-corrected chi connectivity index (χ2v) is 3.05. The summed E-state index contributed by atoms with van der Waals surface area (Å²) < 4.78 is 10.1. The molecule has 0 saturated carbocycles. The van der Waals surface area contributed by atoms with E-state index in [9.17, 15) is 5.11 Å². The van der Waals surface area contributed by atoms with E-state index < -0.39 is 11.5 Å². The summed E-state index contributed by atoms with van der Waals surface area (Å²) in [5, 5.41) is 27.5. The third-order valence-corrected chi connectivity index (χ3v) is 1.92. The van der Waals surface area contributed by atoms with Crippen molar-refractivity contribution in [3.05, 3.63) is 12.1 Å². The molecule has 3 N–H and O–H groups in total. The molecule has 1 aromatic rings. The van der Waals surface area contributed by atoms with Crippen molar-refractivity contribution >= 4 is 0 Å². The highest BCUT2D eigenvalue weighted by molar-refractivity contribution is 5.56. The van der Waals surface area contributed by atoms with Crippen LogP contribution >= 0.6 is 0 Å². The van der Waals surface area contributed by atoms with E-state index in [-0.39, 0.29) is 17.6 Å². The standard InChI is InChI=1S/C9H10O5.C2H6/c10-6-1-2-7(9(12)8(6)11)14-4-5-3-13-5;1-2/h1-2,5,10-12H,3-4H2;1-2H3. The topological polar surface area (TPSA) is 82.5 Å². The molecule has 5 heteroatoms. The van der Waals surface area contributed by atoms with Gasteiger partial charge in [0, 0.05) is 0 Å². The van der Waals surface area contributed by atoms with Gasteiger partial charge in [-0.3, -0.25) is 0 Å². The Morgan fingerprint density at radius 2 is 1.88 bits per heavy atom. The predicted molar refractivity (Wildman–Crippen MR) is 58.0 cm³/mol. The Kier molecular flexibility index (Phi) is 4.25. The normalized spacial score (nSPS) is 17.2. The van der Waals surface area contributed by atoms with E-state index in [1.165, 1.54) is 12.1 Å². The third-order valence-electron chi connectivity index (χ3n) is 1.92. The Labute approximate surface area is 93.9 Å². The van der Waals surface area contributed by atoms with E-state index in [2.05, 4.69) is 0 Å². The maximum absolute atomic E-state index is 9.34. The molecule has 1 unspecified atom stereocenters. The number of hydrogen-bond donors (Lipinski definition) is 3. The van der Waals surface area contributed by atoms with Gasteiger partial charge in [0.1, 0.15) is 12.7 Å². The summed E-state index contributed by atoms with van der Waals surface area (Å²) in [6.45, 7) is 4.99. The lowest BCUT2D eigenvalue weighted by Gasteiger charge is -2.08. The van der Waals surface area contributed by atoms with Crippen LogP contribution in [-0.4, -0.2) is 34.6 Å². The van der Waals surface area contributed by atoms with Crippen molar-refractivity contribution in [2.75, 3.05) is 13.2 Å². The fourth-order valence-electron chi connectivity index (χ4n) is 1.01. The Bertz CT molecular complexity index is 346. The molecule has 2 rings (SSSR count). The Morgan fingerprint density at radius 1 is 1.25 bits per heavy atom. The summed E-state index contributed by atoms with van der Waals surface area (Å²) in [6.07, 6.45) is 0.0744. The third kappa shape index (κ3) is 2.93. The summed E-state index contributed by atoms with van der Waals surface area (Å²) in [5.41, 5.74) is 0. The molecule has 1 aliphatic heterocycles. The van der Waals surface area contributed by atoms with E-state index in [1.54, 1.807) is 0 Å². The largest absolute Gasteiger partial charge is 0.504 e. The summed E-state index contributed by atoms with van der Waals surface area (Å²) in [6, 6.07) is 2.63. The van der Waals surface area contributed by atoms with Crippen molar-refractivity contribution in [1.29, 1.82) is 0 Å². The Morgan fingerprint density at radius 3 is 2.44 bits per heavy atom. The molecule has 90 valence electrons. The first kappa shape index (κ1) is 12.4. The summed E-state index contributed by atoms with van der Waals surface area (Å²) in [5.74, 6) is -1.27. The highest BCUT2D eigenvalue weighted by Crippen LogP contribution is 2.41. The number of ether oxygens (including phenoxy) is 2. The highest BCUT2D eigenvalue weighted by Gasteiger charge is 2.24. The fourth-order valence-corrected chi connectivity index (χ4v) is 1.01. The molecule has 1 heterocycles. The van der Waals surface area contributed by atoms with Crippen LogP contribution in [0.15, 0.2) is 12.1 Å². The van der Waals surface area contributed by atoms with Crippen LogP contribution < -0.4 is 4.74 Å². The van der Waals surface area contributed by atoms with E-state index in [0.29, 0.717) is 13.2 Å². The molecule has 16 heavy (non-hydrogen) atoms. The van der Waals surface area contributed by atoms with E-state index in [4.69, 9.17) is 19.7 Å². The van der Waals surface area contributed by atoms with Crippen LogP contribution in [0.5, 0.6) is 23.0 Å². The zero-order chi connectivity index (χ0) is 12.1. The average molecular weight is 228 g/mol. The first-order chi connectivity index (χ1) is 7.68. The number of phenolic OH excluding ortho intramolecular Hbond substituents is 3. The smallest absolute Gasteiger partial charge is 0.204 e. The molecule has 0 radical (unpaired) electrons. The SMILES string of the molecule is CC.Oc1ccc(OCC2CO2)c(O)c1O. The van der Waals surface area contributed by atoms with Gasteiger partial charge in [0.15, 0.2) is 11.5 Å². The zero-order valence-electron chi connectivity index (χ0n) is 9.30. The molecule has 0 spiro atoms. The maximum atomic E-state index is 9.34. The molecule has 0 aromatic heterocycles. The quantitative estimate of drug-likeness (QED) is 0.540. The van der Waals surface area contributed by atoms with Gasteiger partial charge in [-0.05, 0) is 12.1 Å². The van der Waals surface area contributed by atoms with Crippen molar-refractivity contribution in [2.24, 2.45) is 0 Å². The van der Waals surface area contributed by atoms with E-state index >= 15 is 0 Å². The van der Waals surface area contributed by atoms with Gasteiger partial charge in [0.2, 0.25) is 11.5 Å². The summed E-state index contributed by atoms with van der Waals surface area (Å²) >= 11 is 0. The lowest BCUT2D eigenvalue weighted by molar-refractivity contribution is 0.249. The van der Waals surface area contributed by atoms with Gasteiger partial charge in [-0.2, -0.15) is 0 Å². The second-order valence-electron chi connectivity index (χ2n) is 3.05. The fraction of sp³-hybridized carbons (Fsp3) is 0.455. The molecular formula is C11H16O5. The van der Waals surface area contributed by atoms with Crippen molar-refractivity contribution in [1.82, 2.24) is 0 Å². The Balaban J connectivity index is 0.000000606. The van der Waals surface area contributed by atoms with Gasteiger partial charge >= 0.3 is 0 Å². The molecule has 1 fully saturated rings. The first-order valence-electron chi connectivity index (χ1n) is 5.17. The Hall–Kier alpha value is -1.62. The van der Waals surface area contributed by atoms with Gasteiger partial charge in [-0.25, -0.2) is 0 Å². The minimum atomic E-state index is -0.570. The molecule has 1 aliphatic rings. The molecule has 1 saturated heterocycles. The van der Waals surface area contributed by atoms with Crippen LogP contribution in [0.2, 0.25) is 0 Å². The summed E-state index contributed by atoms with van der Waals surface area (Å²) in [4.78, 5) is 0. The predicted octanol–water partition coefficient (Wildman–Crippen LogP) is 1.61. The number of benzene rings is 1. The van der Waals surface area contributed by atoms with Crippen LogP contribution in [0.3, 0.4) is 0 Å². The van der Waals surface area contributed by atoms with Crippen molar-refractivity contribution in [3.63, 3.8) is 0 Å². The lowest BCUT2D eigenvalue weighted by atomic mass is 10.2. The van der Waals surface area contributed by atoms with Gasteiger partial charge in [0.25, 0.3) is 0 Å². The van der Waals surface area contributed by atoms with Crippen molar-refractivity contribution in [3.8, 4) is 23.0 Å². The van der Waals surface area contributed by atoms with Crippen LogP contribution in [0.1, 0.15) is 13.8 Å². The molecule has 0 amide bonds. The van der Waals surface area contributed by atoms with Crippen LogP contribution in [-0.2, 0) is 4.74 Å². The maximum Gasteiger partial charge on any atom is 0.204 e. The number of aromatic hydroxyl groups is 3. The summed E-state index contributed by atoms with van der Waals surface area (Å²) in [7, 11) is 0. The molecular weight excluding hydrogens is 212 g/mol. The monoisotopic (exact) mass is 228 g/mol. The molecule has 0 aliphatic carbocycles. The average Bonchev–Trinajstić information content (AvgIpc) is 3.12. The number of phenols is 3. The van der Waals surface area contributed by atoms with Crippen LogP contribution in [0.4, 0.5) is 0 Å². The first-order valence-corrected chi connectivity index (χ1v) is 5.17. The van der Waals surface area contributed by atoms with Gasteiger partial charge < -0.3 is 24.8 Å². The number of hydrogen-bond acceptors (Lipinski definition) is 5. The van der Waals surface area contributed by atoms with Gasteiger partial charge in [-0.1, -0.05) is 13.8 Å². The van der Waals surface area contributed by atoms with Crippen LogP contribution in [0.25, 0.3) is 0 Å². The number of epoxide rings is 1. The molecule has 1 atom stereocenters. The minimum absolute atomic E-state index is 0.0744. The molecule has 5 nitrogen and oxygen atoms in total. The highest BCUT2D eigenvalue weighted by atomic mass is 16.6. The lowest BCUT2D eigenvalue weighted by Crippen LogP contribution is -2.03. The molecule has 1 aromatic carbocycles. The second kappa shape index (κ2) is 5.46. The molecule has 0 bridgehead atoms. The van der Waals surface area contributed by atoms with E-state index in [1.807, 2.05) is 13.8 Å². The van der Waals surface area contributed by atoms with Crippen molar-refractivity contribution < 1.29 is 24.8 Å². The van der Waals surface area contributed by atoms with Crippen molar-refractivity contribution in [2.45, 2.75) is 20.0 Å². The van der Waals surface area contributed by atoms with E-state index in [0.717, 1.165) is 0 Å².